The average Bonchev–Trinajstić information content (AvgIpc) is 3.54. The van der Waals surface area contributed by atoms with Crippen molar-refractivity contribution in [1.82, 2.24) is 19.3 Å². The topological polar surface area (TPSA) is 132 Å². The maximum Gasteiger partial charge on any atom is 0.253 e. The van der Waals surface area contributed by atoms with E-state index in [2.05, 4.69) is 20.6 Å². The molecule has 2 amide bonds. The van der Waals surface area contributed by atoms with E-state index in [1.807, 2.05) is 48.7 Å². The molecule has 10 nitrogen and oxygen atoms in total. The number of hydrogen-bond acceptors (Lipinski definition) is 8. The highest BCUT2D eigenvalue weighted by molar-refractivity contribution is 7.89. The van der Waals surface area contributed by atoms with Gasteiger partial charge in [0.05, 0.1) is 24.1 Å². The summed E-state index contributed by atoms with van der Waals surface area (Å²) in [5.41, 5.74) is 4.67. The molecule has 3 aromatic heterocycles. The van der Waals surface area contributed by atoms with Crippen molar-refractivity contribution in [3.05, 3.63) is 77.7 Å². The SMILES string of the molecule is COCC(NC(=O)c1ccn(S(C)(=O)=O)c1)C(=O)Nc1nc(-c2cccc(-c3ccnc(C)c3)c2)cs1. The Bertz CT molecular complexity index is 1540. The zero-order valence-electron chi connectivity index (χ0n) is 20.3. The molecule has 192 valence electrons. The molecule has 4 rings (SSSR count). The molecule has 0 aliphatic rings. The van der Waals surface area contributed by atoms with Crippen molar-refractivity contribution in [2.45, 2.75) is 13.0 Å². The number of pyridine rings is 1. The zero-order chi connectivity index (χ0) is 26.6. The summed E-state index contributed by atoms with van der Waals surface area (Å²) in [7, 11) is -2.12. The zero-order valence-corrected chi connectivity index (χ0v) is 22.0. The first-order valence-electron chi connectivity index (χ1n) is 11.1. The number of amides is 2. The molecular formula is C25H25N5O5S2. The molecule has 12 heteroatoms. The van der Waals surface area contributed by atoms with E-state index in [4.69, 9.17) is 4.74 Å². The number of carbonyl (C=O) groups excluding carboxylic acids is 2. The number of nitrogens with one attached hydrogen (secondary N) is 2. The first-order valence-corrected chi connectivity index (χ1v) is 13.8. The Hall–Kier alpha value is -3.87. The van der Waals surface area contributed by atoms with Crippen molar-refractivity contribution in [2.75, 3.05) is 25.3 Å². The minimum atomic E-state index is -3.53. The second kappa shape index (κ2) is 11.0. The maximum absolute atomic E-state index is 12.9. The van der Waals surface area contributed by atoms with Crippen LogP contribution in [0.2, 0.25) is 0 Å². The fraction of sp³-hybridized carbons (Fsp3) is 0.200. The van der Waals surface area contributed by atoms with Crippen LogP contribution in [0.4, 0.5) is 5.13 Å². The van der Waals surface area contributed by atoms with Crippen LogP contribution in [0, 0.1) is 6.92 Å². The Kier molecular flexibility index (Phi) is 7.81. The van der Waals surface area contributed by atoms with E-state index in [9.17, 15) is 18.0 Å². The molecule has 0 aliphatic carbocycles. The van der Waals surface area contributed by atoms with Gasteiger partial charge in [-0.1, -0.05) is 18.2 Å². The van der Waals surface area contributed by atoms with E-state index in [1.54, 1.807) is 6.20 Å². The van der Waals surface area contributed by atoms with Crippen LogP contribution in [-0.4, -0.2) is 60.2 Å². The van der Waals surface area contributed by atoms with Crippen molar-refractivity contribution in [1.29, 1.82) is 0 Å². The number of benzene rings is 1. The predicted octanol–water partition coefficient (Wildman–Crippen LogP) is 3.17. The lowest BCUT2D eigenvalue weighted by molar-refractivity contribution is -0.119. The Balaban J connectivity index is 1.46. The van der Waals surface area contributed by atoms with E-state index in [0.717, 1.165) is 32.6 Å². The lowest BCUT2D eigenvalue weighted by Crippen LogP contribution is -2.46. The number of carbonyl (C=O) groups is 2. The molecule has 0 saturated carbocycles. The third kappa shape index (κ3) is 6.47. The molecule has 37 heavy (non-hydrogen) atoms. The van der Waals surface area contributed by atoms with Gasteiger partial charge < -0.3 is 15.4 Å². The summed E-state index contributed by atoms with van der Waals surface area (Å²) in [5, 5.41) is 7.50. The number of methoxy groups -OCH3 is 1. The summed E-state index contributed by atoms with van der Waals surface area (Å²) in [6.45, 7) is 1.85. The standard InChI is InChI=1S/C25H25N5O5S2/c1-16-11-18(7-9-26-16)17-5-4-6-19(12-17)22-15-36-25(28-22)29-24(32)21(14-35-2)27-23(31)20-8-10-30(13-20)37(3,33)34/h4-13,15,21H,14H2,1-3H3,(H,27,31)(H,28,29,32). The van der Waals surface area contributed by atoms with Crippen LogP contribution in [0.15, 0.2) is 66.4 Å². The molecule has 0 bridgehead atoms. The Morgan fingerprint density at radius 3 is 2.59 bits per heavy atom. The molecule has 2 N–H and O–H groups in total. The Labute approximate surface area is 218 Å². The Morgan fingerprint density at radius 1 is 1.14 bits per heavy atom. The summed E-state index contributed by atoms with van der Waals surface area (Å²) in [6.07, 6.45) is 5.23. The Morgan fingerprint density at radius 2 is 1.89 bits per heavy atom. The molecule has 4 aromatic rings. The minimum Gasteiger partial charge on any atom is -0.382 e. The molecule has 0 saturated heterocycles. The van der Waals surface area contributed by atoms with E-state index < -0.39 is 27.9 Å². The largest absolute Gasteiger partial charge is 0.382 e. The lowest BCUT2D eigenvalue weighted by Gasteiger charge is -2.16. The van der Waals surface area contributed by atoms with Crippen LogP contribution in [0.1, 0.15) is 16.1 Å². The smallest absolute Gasteiger partial charge is 0.253 e. The first kappa shape index (κ1) is 26.2. The second-order valence-electron chi connectivity index (χ2n) is 8.27. The summed E-state index contributed by atoms with van der Waals surface area (Å²) in [4.78, 5) is 34.3. The quantitative estimate of drug-likeness (QED) is 0.334. The third-order valence-corrected chi connectivity index (χ3v) is 7.14. The van der Waals surface area contributed by atoms with E-state index >= 15 is 0 Å². The van der Waals surface area contributed by atoms with Gasteiger partial charge >= 0.3 is 0 Å². The molecule has 1 aromatic carbocycles. The second-order valence-corrected chi connectivity index (χ2v) is 11.0. The van der Waals surface area contributed by atoms with Gasteiger partial charge in [0.25, 0.3) is 11.8 Å². The van der Waals surface area contributed by atoms with Gasteiger partial charge in [-0.15, -0.1) is 11.3 Å². The van der Waals surface area contributed by atoms with Crippen LogP contribution in [0.25, 0.3) is 22.4 Å². The van der Waals surface area contributed by atoms with E-state index in [-0.39, 0.29) is 12.2 Å². The molecule has 0 fully saturated rings. The minimum absolute atomic E-state index is 0.0873. The van der Waals surface area contributed by atoms with Crippen LogP contribution in [0.5, 0.6) is 0 Å². The van der Waals surface area contributed by atoms with Crippen molar-refractivity contribution in [3.8, 4) is 22.4 Å². The van der Waals surface area contributed by atoms with Crippen LogP contribution >= 0.6 is 11.3 Å². The molecule has 0 radical (unpaired) electrons. The van der Waals surface area contributed by atoms with Gasteiger partial charge in [0.15, 0.2) is 5.13 Å². The number of thiazole rings is 1. The van der Waals surface area contributed by atoms with Gasteiger partial charge in [-0.05, 0) is 42.3 Å². The fourth-order valence-electron chi connectivity index (χ4n) is 3.55. The fourth-order valence-corrected chi connectivity index (χ4v) is 4.86. The van der Waals surface area contributed by atoms with Crippen LogP contribution in [0.3, 0.4) is 0 Å². The van der Waals surface area contributed by atoms with Gasteiger partial charge in [-0.2, -0.15) is 0 Å². The van der Waals surface area contributed by atoms with Crippen molar-refractivity contribution in [3.63, 3.8) is 0 Å². The molecule has 1 unspecified atom stereocenters. The highest BCUT2D eigenvalue weighted by Gasteiger charge is 2.23. The molecule has 0 spiro atoms. The number of aromatic nitrogens is 3. The average molecular weight is 540 g/mol. The molecule has 1 atom stereocenters. The maximum atomic E-state index is 12.9. The number of hydrogen-bond donors (Lipinski definition) is 2. The lowest BCUT2D eigenvalue weighted by atomic mass is 10.0. The van der Waals surface area contributed by atoms with Gasteiger partial charge in [-0.3, -0.25) is 18.5 Å². The van der Waals surface area contributed by atoms with Crippen molar-refractivity contribution < 1.29 is 22.7 Å². The molecule has 3 heterocycles. The van der Waals surface area contributed by atoms with E-state index in [1.165, 1.54) is 36.9 Å². The van der Waals surface area contributed by atoms with Crippen LogP contribution < -0.4 is 10.6 Å². The van der Waals surface area contributed by atoms with Gasteiger partial charge in [0, 0.05) is 42.3 Å². The van der Waals surface area contributed by atoms with Crippen LogP contribution in [-0.2, 0) is 19.6 Å². The summed E-state index contributed by atoms with van der Waals surface area (Å²) >= 11 is 1.26. The van der Waals surface area contributed by atoms with Gasteiger partial charge in [0.1, 0.15) is 6.04 Å². The normalized spacial score (nSPS) is 12.2. The molecular weight excluding hydrogens is 514 g/mol. The summed E-state index contributed by atoms with van der Waals surface area (Å²) < 4.78 is 29.3. The van der Waals surface area contributed by atoms with E-state index in [0.29, 0.717) is 10.8 Å². The summed E-state index contributed by atoms with van der Waals surface area (Å²) in [6, 6.07) is 12.2. The van der Waals surface area contributed by atoms with Crippen molar-refractivity contribution in [2.24, 2.45) is 0 Å². The number of ether oxygens (including phenoxy) is 1. The van der Waals surface area contributed by atoms with Gasteiger partial charge in [0.2, 0.25) is 10.0 Å². The van der Waals surface area contributed by atoms with Crippen molar-refractivity contribution >= 4 is 38.3 Å². The third-order valence-electron chi connectivity index (χ3n) is 5.39. The monoisotopic (exact) mass is 539 g/mol. The summed E-state index contributed by atoms with van der Waals surface area (Å²) in [5.74, 6) is -1.12. The van der Waals surface area contributed by atoms with Gasteiger partial charge in [-0.25, -0.2) is 13.4 Å². The highest BCUT2D eigenvalue weighted by Crippen LogP contribution is 2.29. The highest BCUT2D eigenvalue weighted by atomic mass is 32.2. The number of nitrogens with zero attached hydrogens (tertiary/aromatic N) is 3. The predicted molar refractivity (Wildman–Crippen MR) is 142 cm³/mol. The molecule has 0 aliphatic heterocycles. The first-order chi connectivity index (χ1) is 17.6. The number of aryl methyl sites for hydroxylation is 1. The number of rotatable bonds is 9. The number of anilines is 1.